The van der Waals surface area contributed by atoms with Crippen molar-refractivity contribution in [3.05, 3.63) is 11.9 Å². The molecule has 0 bridgehead atoms. The SMILES string of the molecule is CCCNc1cc(SC2CCCC2)nc(C2CC2)n1. The fourth-order valence-corrected chi connectivity index (χ4v) is 3.78. The average molecular weight is 277 g/mol. The lowest BCUT2D eigenvalue weighted by atomic mass is 10.4. The van der Waals surface area contributed by atoms with E-state index in [4.69, 9.17) is 4.98 Å². The van der Waals surface area contributed by atoms with Crippen molar-refractivity contribution in [2.24, 2.45) is 0 Å². The van der Waals surface area contributed by atoms with Gasteiger partial charge in [0, 0.05) is 23.8 Å². The second-order valence-corrected chi connectivity index (χ2v) is 7.00. The van der Waals surface area contributed by atoms with Crippen LogP contribution in [-0.2, 0) is 0 Å². The Labute approximate surface area is 120 Å². The Balaban J connectivity index is 1.74. The minimum absolute atomic E-state index is 0.631. The third-order valence-corrected chi connectivity index (χ3v) is 5.06. The van der Waals surface area contributed by atoms with E-state index in [1.165, 1.54) is 43.6 Å². The molecular weight excluding hydrogens is 254 g/mol. The van der Waals surface area contributed by atoms with Crippen molar-refractivity contribution in [1.82, 2.24) is 9.97 Å². The molecule has 0 saturated heterocycles. The van der Waals surface area contributed by atoms with Gasteiger partial charge in [0.05, 0.1) is 0 Å². The van der Waals surface area contributed by atoms with Gasteiger partial charge in [-0.3, -0.25) is 0 Å². The van der Waals surface area contributed by atoms with Crippen molar-refractivity contribution in [2.45, 2.75) is 68.1 Å². The molecule has 1 heterocycles. The molecule has 19 heavy (non-hydrogen) atoms. The Bertz CT molecular complexity index is 425. The minimum Gasteiger partial charge on any atom is -0.370 e. The van der Waals surface area contributed by atoms with Gasteiger partial charge in [0.2, 0.25) is 0 Å². The topological polar surface area (TPSA) is 37.8 Å². The first kappa shape index (κ1) is 13.2. The summed E-state index contributed by atoms with van der Waals surface area (Å²) in [6, 6.07) is 2.14. The number of anilines is 1. The normalized spacial score (nSPS) is 19.8. The van der Waals surface area contributed by atoms with Crippen LogP contribution in [0.5, 0.6) is 0 Å². The molecule has 1 aromatic rings. The molecule has 104 valence electrons. The summed E-state index contributed by atoms with van der Waals surface area (Å²) < 4.78 is 0. The number of nitrogens with zero attached hydrogens (tertiary/aromatic N) is 2. The lowest BCUT2D eigenvalue weighted by Crippen LogP contribution is -2.06. The zero-order valence-corrected chi connectivity index (χ0v) is 12.5. The first-order valence-corrected chi connectivity index (χ1v) is 8.52. The highest BCUT2D eigenvalue weighted by molar-refractivity contribution is 7.99. The summed E-state index contributed by atoms with van der Waals surface area (Å²) in [5.74, 6) is 2.73. The van der Waals surface area contributed by atoms with Gasteiger partial charge in [-0.15, -0.1) is 11.8 Å². The molecule has 4 heteroatoms. The van der Waals surface area contributed by atoms with E-state index in [1.807, 2.05) is 11.8 Å². The highest BCUT2D eigenvalue weighted by Crippen LogP contribution is 2.40. The van der Waals surface area contributed by atoms with E-state index >= 15 is 0 Å². The lowest BCUT2D eigenvalue weighted by molar-refractivity contribution is 0.856. The molecule has 0 spiro atoms. The van der Waals surface area contributed by atoms with Crippen LogP contribution in [0.4, 0.5) is 5.82 Å². The van der Waals surface area contributed by atoms with Crippen LogP contribution in [0, 0.1) is 0 Å². The molecule has 2 fully saturated rings. The smallest absolute Gasteiger partial charge is 0.135 e. The predicted molar refractivity (Wildman–Crippen MR) is 80.9 cm³/mol. The summed E-state index contributed by atoms with van der Waals surface area (Å²) in [6.45, 7) is 3.18. The van der Waals surface area contributed by atoms with E-state index in [1.54, 1.807) is 0 Å². The third kappa shape index (κ3) is 3.62. The fourth-order valence-electron chi connectivity index (χ4n) is 2.55. The Kier molecular flexibility index (Phi) is 4.26. The first-order valence-electron chi connectivity index (χ1n) is 7.64. The van der Waals surface area contributed by atoms with E-state index in [2.05, 4.69) is 23.3 Å². The van der Waals surface area contributed by atoms with Gasteiger partial charge in [0.1, 0.15) is 16.7 Å². The molecule has 2 aliphatic rings. The van der Waals surface area contributed by atoms with Crippen LogP contribution in [0.2, 0.25) is 0 Å². The molecule has 3 nitrogen and oxygen atoms in total. The van der Waals surface area contributed by atoms with Gasteiger partial charge in [-0.2, -0.15) is 0 Å². The third-order valence-electron chi connectivity index (χ3n) is 3.81. The van der Waals surface area contributed by atoms with Gasteiger partial charge in [0.25, 0.3) is 0 Å². The van der Waals surface area contributed by atoms with Crippen molar-refractivity contribution in [3.63, 3.8) is 0 Å². The van der Waals surface area contributed by atoms with Crippen molar-refractivity contribution in [3.8, 4) is 0 Å². The van der Waals surface area contributed by atoms with E-state index in [-0.39, 0.29) is 0 Å². The molecule has 2 saturated carbocycles. The summed E-state index contributed by atoms with van der Waals surface area (Å²) in [5.41, 5.74) is 0. The number of rotatable bonds is 6. The molecule has 0 aromatic carbocycles. The lowest BCUT2D eigenvalue weighted by Gasteiger charge is -2.11. The molecule has 1 aromatic heterocycles. The molecule has 1 N–H and O–H groups in total. The number of thioether (sulfide) groups is 1. The van der Waals surface area contributed by atoms with E-state index < -0.39 is 0 Å². The van der Waals surface area contributed by atoms with Crippen molar-refractivity contribution < 1.29 is 0 Å². The van der Waals surface area contributed by atoms with Crippen LogP contribution >= 0.6 is 11.8 Å². The number of nitrogens with one attached hydrogen (secondary N) is 1. The fraction of sp³-hybridized carbons (Fsp3) is 0.733. The van der Waals surface area contributed by atoms with Crippen LogP contribution in [0.3, 0.4) is 0 Å². The van der Waals surface area contributed by atoms with Gasteiger partial charge >= 0.3 is 0 Å². The van der Waals surface area contributed by atoms with Crippen LogP contribution in [-0.4, -0.2) is 21.8 Å². The molecule has 0 radical (unpaired) electrons. The first-order chi connectivity index (χ1) is 9.35. The number of aromatic nitrogens is 2. The van der Waals surface area contributed by atoms with Gasteiger partial charge < -0.3 is 5.32 Å². The van der Waals surface area contributed by atoms with Gasteiger partial charge in [-0.05, 0) is 32.1 Å². The average Bonchev–Trinajstić information content (AvgIpc) is 3.16. The predicted octanol–water partition coefficient (Wildman–Crippen LogP) is 4.21. The Hall–Kier alpha value is -0.770. The van der Waals surface area contributed by atoms with Gasteiger partial charge in [0.15, 0.2) is 0 Å². The van der Waals surface area contributed by atoms with E-state index in [9.17, 15) is 0 Å². The molecule has 2 aliphatic carbocycles. The molecule has 0 unspecified atom stereocenters. The second-order valence-electron chi connectivity index (χ2n) is 5.67. The maximum Gasteiger partial charge on any atom is 0.135 e. The van der Waals surface area contributed by atoms with Crippen LogP contribution in [0.1, 0.15) is 63.6 Å². The van der Waals surface area contributed by atoms with Crippen LogP contribution in [0.25, 0.3) is 0 Å². The molecule has 3 rings (SSSR count). The monoisotopic (exact) mass is 277 g/mol. The standard InChI is InChI=1S/C15H23N3S/c1-2-9-16-13-10-14(19-12-5-3-4-6-12)18-15(17-13)11-7-8-11/h10-12H,2-9H2,1H3,(H,16,17,18). The van der Waals surface area contributed by atoms with E-state index in [0.717, 1.165) is 29.9 Å². The van der Waals surface area contributed by atoms with Crippen LogP contribution < -0.4 is 5.32 Å². The Morgan fingerprint density at radius 2 is 2.00 bits per heavy atom. The zero-order chi connectivity index (χ0) is 13.1. The molecule has 0 amide bonds. The second kappa shape index (κ2) is 6.12. The summed E-state index contributed by atoms with van der Waals surface area (Å²) in [7, 11) is 0. The molecule has 0 aliphatic heterocycles. The summed E-state index contributed by atoms with van der Waals surface area (Å²) in [6.07, 6.45) is 9.15. The highest BCUT2D eigenvalue weighted by Gasteiger charge is 2.28. The zero-order valence-electron chi connectivity index (χ0n) is 11.7. The number of hydrogen-bond donors (Lipinski definition) is 1. The van der Waals surface area contributed by atoms with Crippen molar-refractivity contribution in [1.29, 1.82) is 0 Å². The van der Waals surface area contributed by atoms with Gasteiger partial charge in [-0.1, -0.05) is 19.8 Å². The number of hydrogen-bond acceptors (Lipinski definition) is 4. The summed E-state index contributed by atoms with van der Waals surface area (Å²) >= 11 is 1.97. The maximum absolute atomic E-state index is 4.78. The van der Waals surface area contributed by atoms with Crippen molar-refractivity contribution >= 4 is 17.6 Å². The van der Waals surface area contributed by atoms with Crippen LogP contribution in [0.15, 0.2) is 11.1 Å². The molecule has 0 atom stereocenters. The van der Waals surface area contributed by atoms with Gasteiger partial charge in [-0.25, -0.2) is 9.97 Å². The van der Waals surface area contributed by atoms with E-state index in [0.29, 0.717) is 5.92 Å². The Morgan fingerprint density at radius 3 is 2.68 bits per heavy atom. The summed E-state index contributed by atoms with van der Waals surface area (Å²) in [4.78, 5) is 9.45. The Morgan fingerprint density at radius 1 is 1.21 bits per heavy atom. The maximum atomic E-state index is 4.78. The quantitative estimate of drug-likeness (QED) is 0.790. The largest absolute Gasteiger partial charge is 0.370 e. The minimum atomic E-state index is 0.631. The summed E-state index contributed by atoms with van der Waals surface area (Å²) in [5, 5.41) is 5.38. The van der Waals surface area contributed by atoms with Crippen molar-refractivity contribution in [2.75, 3.05) is 11.9 Å². The highest BCUT2D eigenvalue weighted by atomic mass is 32.2. The molecular formula is C15H23N3S.